The van der Waals surface area contributed by atoms with Gasteiger partial charge in [0.15, 0.2) is 5.11 Å². The number of anilines is 1. The Bertz CT molecular complexity index is 848. The van der Waals surface area contributed by atoms with Crippen LogP contribution in [0.2, 0.25) is 0 Å². The van der Waals surface area contributed by atoms with E-state index in [0.29, 0.717) is 10.7 Å². The van der Waals surface area contributed by atoms with E-state index in [-0.39, 0.29) is 11.9 Å². The number of carbonyl (C=O) groups is 1. The molecule has 1 amide bonds. The van der Waals surface area contributed by atoms with Crippen LogP contribution in [-0.4, -0.2) is 11.0 Å². The largest absolute Gasteiger partial charge is 0.351 e. The average Bonchev–Trinajstić information content (AvgIpc) is 2.57. The van der Waals surface area contributed by atoms with Gasteiger partial charge in [0, 0.05) is 20.3 Å². The van der Waals surface area contributed by atoms with Crippen molar-refractivity contribution < 1.29 is 4.79 Å². The third-order valence-electron chi connectivity index (χ3n) is 3.82. The smallest absolute Gasteiger partial charge is 0.255 e. The molecule has 25 heavy (non-hydrogen) atoms. The normalized spacial score (nSPS) is 16.9. The minimum atomic E-state index is -0.308. The Kier molecular flexibility index (Phi) is 5.56. The number of hydrogen-bond acceptors (Lipinski definition) is 2. The Balaban J connectivity index is 1.92. The molecule has 0 unspecified atom stereocenters. The lowest BCUT2D eigenvalue weighted by molar-refractivity contribution is -0.113. The van der Waals surface area contributed by atoms with Crippen LogP contribution in [0.15, 0.2) is 68.7 Å². The minimum Gasteiger partial charge on any atom is -0.351 e. The summed E-state index contributed by atoms with van der Waals surface area (Å²) in [5.74, 6) is -0.171. The van der Waals surface area contributed by atoms with E-state index in [1.54, 1.807) is 0 Å². The molecule has 3 N–H and O–H groups in total. The Hall–Kier alpha value is -1.70. The molecule has 7 heteroatoms. The second-order valence-corrected chi connectivity index (χ2v) is 7.82. The molecule has 1 aliphatic rings. The summed E-state index contributed by atoms with van der Waals surface area (Å²) in [5, 5.41) is 9.68. The minimum absolute atomic E-state index is 0.171. The van der Waals surface area contributed by atoms with Gasteiger partial charge in [0.05, 0.1) is 11.6 Å². The van der Waals surface area contributed by atoms with Gasteiger partial charge in [0.2, 0.25) is 0 Å². The summed E-state index contributed by atoms with van der Waals surface area (Å²) in [6, 6.07) is 15.0. The third kappa shape index (κ3) is 4.29. The van der Waals surface area contributed by atoms with Crippen molar-refractivity contribution in [3.05, 3.63) is 74.3 Å². The van der Waals surface area contributed by atoms with Gasteiger partial charge < -0.3 is 16.0 Å². The number of nitrogens with one attached hydrogen (secondary N) is 3. The van der Waals surface area contributed by atoms with Crippen LogP contribution >= 0.6 is 44.1 Å². The number of rotatable bonds is 3. The molecule has 0 radical (unpaired) electrons. The lowest BCUT2D eigenvalue weighted by Crippen LogP contribution is -2.45. The van der Waals surface area contributed by atoms with Crippen molar-refractivity contribution in [3.8, 4) is 0 Å². The summed E-state index contributed by atoms with van der Waals surface area (Å²) in [5.41, 5.74) is 3.05. The molecule has 0 saturated carbocycles. The van der Waals surface area contributed by atoms with Crippen LogP contribution in [0.1, 0.15) is 18.5 Å². The van der Waals surface area contributed by atoms with Crippen LogP contribution in [-0.2, 0) is 4.79 Å². The zero-order valence-corrected chi connectivity index (χ0v) is 17.3. The van der Waals surface area contributed by atoms with Crippen molar-refractivity contribution in [2.45, 2.75) is 13.0 Å². The molecule has 1 atom stereocenters. The SMILES string of the molecule is CC1=C(C(=O)Nc2ccc(Br)cc2)[C@H](c2ccc(Br)cc2)NC(=S)N1. The number of carbonyl (C=O) groups excluding carboxylic acids is 1. The molecular formula is C18H15Br2N3OS. The van der Waals surface area contributed by atoms with Gasteiger partial charge in [-0.05, 0) is 61.1 Å². The van der Waals surface area contributed by atoms with Crippen LogP contribution < -0.4 is 16.0 Å². The number of allylic oxidation sites excluding steroid dienone is 1. The summed E-state index contributed by atoms with van der Waals surface area (Å²) in [6.07, 6.45) is 0. The molecule has 0 spiro atoms. The Labute approximate surface area is 168 Å². The third-order valence-corrected chi connectivity index (χ3v) is 5.10. The number of benzene rings is 2. The van der Waals surface area contributed by atoms with Gasteiger partial charge in [-0.3, -0.25) is 4.79 Å². The predicted molar refractivity (Wildman–Crippen MR) is 111 cm³/mol. The number of hydrogen-bond donors (Lipinski definition) is 3. The van der Waals surface area contributed by atoms with Crippen molar-refractivity contribution in [3.63, 3.8) is 0 Å². The van der Waals surface area contributed by atoms with Gasteiger partial charge >= 0.3 is 0 Å². The van der Waals surface area contributed by atoms with E-state index in [4.69, 9.17) is 12.2 Å². The van der Waals surface area contributed by atoms with E-state index in [0.717, 1.165) is 25.9 Å². The van der Waals surface area contributed by atoms with Gasteiger partial charge in [-0.1, -0.05) is 44.0 Å². The maximum absolute atomic E-state index is 12.9. The molecule has 0 aromatic heterocycles. The molecule has 1 heterocycles. The van der Waals surface area contributed by atoms with E-state index >= 15 is 0 Å². The van der Waals surface area contributed by atoms with E-state index in [1.165, 1.54) is 0 Å². The number of amides is 1. The molecule has 2 aromatic rings. The maximum atomic E-state index is 12.9. The average molecular weight is 481 g/mol. The van der Waals surface area contributed by atoms with Gasteiger partial charge in [-0.2, -0.15) is 0 Å². The van der Waals surface area contributed by atoms with Gasteiger partial charge in [-0.25, -0.2) is 0 Å². The molecule has 4 nitrogen and oxygen atoms in total. The number of thiocarbonyl (C=S) groups is 1. The first-order valence-electron chi connectivity index (χ1n) is 7.54. The molecule has 0 fully saturated rings. The lowest BCUT2D eigenvalue weighted by Gasteiger charge is -2.30. The fourth-order valence-electron chi connectivity index (χ4n) is 2.63. The van der Waals surface area contributed by atoms with Crippen LogP contribution in [0.5, 0.6) is 0 Å². The quantitative estimate of drug-likeness (QED) is 0.560. The molecular weight excluding hydrogens is 466 g/mol. The monoisotopic (exact) mass is 479 g/mol. The van der Waals surface area contributed by atoms with Crippen molar-refractivity contribution in [2.24, 2.45) is 0 Å². The Morgan fingerprint density at radius 3 is 2.20 bits per heavy atom. The topological polar surface area (TPSA) is 53.2 Å². The molecule has 0 aliphatic carbocycles. The molecule has 0 bridgehead atoms. The summed E-state index contributed by atoms with van der Waals surface area (Å²) in [7, 11) is 0. The summed E-state index contributed by atoms with van der Waals surface area (Å²) < 4.78 is 1.94. The van der Waals surface area contributed by atoms with E-state index in [1.807, 2.05) is 55.5 Å². The second kappa shape index (κ2) is 7.68. The highest BCUT2D eigenvalue weighted by Gasteiger charge is 2.29. The molecule has 128 valence electrons. The van der Waals surface area contributed by atoms with Crippen LogP contribution in [0, 0.1) is 0 Å². The Morgan fingerprint density at radius 1 is 1.04 bits per heavy atom. The van der Waals surface area contributed by atoms with Crippen molar-refractivity contribution >= 4 is 60.8 Å². The van der Waals surface area contributed by atoms with Crippen molar-refractivity contribution in [1.82, 2.24) is 10.6 Å². The Morgan fingerprint density at radius 2 is 1.60 bits per heavy atom. The molecule has 0 saturated heterocycles. The lowest BCUT2D eigenvalue weighted by atomic mass is 9.95. The van der Waals surface area contributed by atoms with Crippen LogP contribution in [0.3, 0.4) is 0 Å². The zero-order valence-electron chi connectivity index (χ0n) is 13.3. The molecule has 1 aliphatic heterocycles. The summed E-state index contributed by atoms with van der Waals surface area (Å²) in [4.78, 5) is 12.9. The van der Waals surface area contributed by atoms with Crippen LogP contribution in [0.25, 0.3) is 0 Å². The fourth-order valence-corrected chi connectivity index (χ4v) is 3.43. The van der Waals surface area contributed by atoms with E-state index < -0.39 is 0 Å². The van der Waals surface area contributed by atoms with Gasteiger partial charge in [0.1, 0.15) is 0 Å². The first-order valence-corrected chi connectivity index (χ1v) is 9.54. The zero-order chi connectivity index (χ0) is 18.0. The van der Waals surface area contributed by atoms with E-state index in [9.17, 15) is 4.79 Å². The highest BCUT2D eigenvalue weighted by atomic mass is 79.9. The standard InChI is InChI=1S/C18H15Br2N3OS/c1-10-15(17(24)22-14-8-6-13(20)7-9-14)16(23-18(25)21-10)11-2-4-12(19)5-3-11/h2-9,16H,1H3,(H,22,24)(H2,21,23,25)/t16-/m0/s1. The molecule has 2 aromatic carbocycles. The maximum Gasteiger partial charge on any atom is 0.255 e. The first-order chi connectivity index (χ1) is 11.9. The summed E-state index contributed by atoms with van der Waals surface area (Å²) in [6.45, 7) is 1.86. The number of halogens is 2. The predicted octanol–water partition coefficient (Wildman–Crippen LogP) is 4.64. The van der Waals surface area contributed by atoms with E-state index in [2.05, 4.69) is 47.8 Å². The van der Waals surface area contributed by atoms with Crippen molar-refractivity contribution in [2.75, 3.05) is 5.32 Å². The van der Waals surface area contributed by atoms with Crippen molar-refractivity contribution in [1.29, 1.82) is 0 Å². The fraction of sp³-hybridized carbons (Fsp3) is 0.111. The highest BCUT2D eigenvalue weighted by Crippen LogP contribution is 2.29. The van der Waals surface area contributed by atoms with Gasteiger partial charge in [-0.15, -0.1) is 0 Å². The second-order valence-electron chi connectivity index (χ2n) is 5.58. The molecule has 3 rings (SSSR count). The first kappa shape index (κ1) is 18.1. The summed E-state index contributed by atoms with van der Waals surface area (Å²) >= 11 is 12.1. The van der Waals surface area contributed by atoms with Crippen LogP contribution in [0.4, 0.5) is 5.69 Å². The van der Waals surface area contributed by atoms with Gasteiger partial charge in [0.25, 0.3) is 5.91 Å². The highest BCUT2D eigenvalue weighted by molar-refractivity contribution is 9.10.